The Balaban J connectivity index is 2.10. The highest BCUT2D eigenvalue weighted by Gasteiger charge is 2.13. The zero-order valence-corrected chi connectivity index (χ0v) is 12.7. The molecular weight excluding hydrogens is 254 g/mol. The van der Waals surface area contributed by atoms with Crippen molar-refractivity contribution >= 4 is 0 Å². The van der Waals surface area contributed by atoms with E-state index in [4.69, 9.17) is 4.52 Å². The number of aryl methyl sites for hydroxylation is 2. The quantitative estimate of drug-likeness (QED) is 0.784. The summed E-state index contributed by atoms with van der Waals surface area (Å²) in [5.41, 5.74) is 3.48. The Morgan fingerprint density at radius 2 is 2.05 bits per heavy atom. The maximum atomic E-state index is 5.13. The van der Waals surface area contributed by atoms with Crippen molar-refractivity contribution < 1.29 is 4.52 Å². The van der Waals surface area contributed by atoms with Crippen LogP contribution in [0.3, 0.4) is 0 Å². The van der Waals surface area contributed by atoms with Crippen LogP contribution in [0.1, 0.15) is 48.9 Å². The normalized spacial score (nSPS) is 11.2. The van der Waals surface area contributed by atoms with E-state index in [9.17, 15) is 0 Å². The minimum atomic E-state index is 0.559. The fourth-order valence-electron chi connectivity index (χ4n) is 2.17. The molecule has 1 N–H and O–H groups in total. The van der Waals surface area contributed by atoms with Crippen LogP contribution in [0.25, 0.3) is 0 Å². The van der Waals surface area contributed by atoms with Crippen LogP contribution in [0.5, 0.6) is 0 Å². The number of nitrogens with zero attached hydrogens (tertiary/aromatic N) is 4. The summed E-state index contributed by atoms with van der Waals surface area (Å²) in [6.45, 7) is 10.7. The van der Waals surface area contributed by atoms with Crippen LogP contribution in [0.4, 0.5) is 0 Å². The van der Waals surface area contributed by atoms with E-state index < -0.39 is 0 Å². The highest BCUT2D eigenvalue weighted by Crippen LogP contribution is 2.14. The summed E-state index contributed by atoms with van der Waals surface area (Å²) in [7, 11) is 0. The molecule has 2 aromatic heterocycles. The van der Waals surface area contributed by atoms with Gasteiger partial charge in [-0.1, -0.05) is 19.0 Å². The monoisotopic (exact) mass is 277 g/mol. The summed E-state index contributed by atoms with van der Waals surface area (Å²) in [4.78, 5) is 4.33. The van der Waals surface area contributed by atoms with E-state index in [0.29, 0.717) is 18.3 Å². The van der Waals surface area contributed by atoms with Crippen molar-refractivity contribution in [3.63, 3.8) is 0 Å². The van der Waals surface area contributed by atoms with Crippen molar-refractivity contribution in [1.82, 2.24) is 25.2 Å². The van der Waals surface area contributed by atoms with E-state index >= 15 is 0 Å². The molecule has 0 unspecified atom stereocenters. The molecule has 2 heterocycles. The number of rotatable bonds is 7. The molecule has 0 spiro atoms. The van der Waals surface area contributed by atoms with Gasteiger partial charge in [-0.15, -0.1) is 0 Å². The molecule has 6 nitrogen and oxygen atoms in total. The van der Waals surface area contributed by atoms with Gasteiger partial charge in [0.25, 0.3) is 0 Å². The fraction of sp³-hybridized carbons (Fsp3) is 0.643. The van der Waals surface area contributed by atoms with Crippen molar-refractivity contribution in [3.05, 3.63) is 28.7 Å². The zero-order valence-electron chi connectivity index (χ0n) is 12.7. The van der Waals surface area contributed by atoms with Crippen molar-refractivity contribution in [3.8, 4) is 0 Å². The molecule has 2 rings (SSSR count). The lowest BCUT2D eigenvalue weighted by Crippen LogP contribution is -2.15. The van der Waals surface area contributed by atoms with Gasteiger partial charge in [0.05, 0.1) is 5.69 Å². The lowest BCUT2D eigenvalue weighted by Gasteiger charge is -2.04. The third kappa shape index (κ3) is 3.25. The maximum Gasteiger partial charge on any atom is 0.226 e. The molecule has 0 amide bonds. The predicted molar refractivity (Wildman–Crippen MR) is 76.5 cm³/mol. The van der Waals surface area contributed by atoms with E-state index in [1.54, 1.807) is 0 Å². The van der Waals surface area contributed by atoms with Gasteiger partial charge in [-0.05, 0) is 26.8 Å². The van der Waals surface area contributed by atoms with Crippen molar-refractivity contribution in [2.45, 2.75) is 53.6 Å². The molecule has 0 aliphatic rings. The summed E-state index contributed by atoms with van der Waals surface area (Å²) in [5, 5.41) is 12.0. The number of nitrogens with one attached hydrogen (secondary N) is 1. The van der Waals surface area contributed by atoms with Gasteiger partial charge in [0.2, 0.25) is 5.89 Å². The van der Waals surface area contributed by atoms with Crippen LogP contribution in [0, 0.1) is 13.8 Å². The summed E-state index contributed by atoms with van der Waals surface area (Å²) < 4.78 is 7.07. The van der Waals surface area contributed by atoms with Crippen molar-refractivity contribution in [1.29, 1.82) is 0 Å². The van der Waals surface area contributed by atoms with Gasteiger partial charge in [-0.3, -0.25) is 4.68 Å². The SMILES string of the molecule is CCCNCc1c(C)nn(Cc2noc(CC)n2)c1C. The first-order chi connectivity index (χ1) is 9.65. The molecule has 0 fully saturated rings. The standard InChI is InChI=1S/C14H23N5O/c1-5-7-15-8-12-10(3)17-19(11(12)4)9-13-16-14(6-2)20-18-13/h15H,5-9H2,1-4H3. The van der Waals surface area contributed by atoms with E-state index in [0.717, 1.165) is 37.3 Å². The van der Waals surface area contributed by atoms with Gasteiger partial charge in [0.15, 0.2) is 5.82 Å². The summed E-state index contributed by atoms with van der Waals surface area (Å²) in [6.07, 6.45) is 1.89. The molecule has 0 aliphatic heterocycles. The molecule has 0 atom stereocenters. The first-order valence-electron chi connectivity index (χ1n) is 7.20. The number of hydrogen-bond donors (Lipinski definition) is 1. The molecule has 0 radical (unpaired) electrons. The molecular formula is C14H23N5O. The molecule has 6 heteroatoms. The van der Waals surface area contributed by atoms with Gasteiger partial charge in [0.1, 0.15) is 6.54 Å². The molecule has 20 heavy (non-hydrogen) atoms. The Morgan fingerprint density at radius 1 is 1.25 bits per heavy atom. The van der Waals surface area contributed by atoms with Crippen LogP contribution >= 0.6 is 0 Å². The lowest BCUT2D eigenvalue weighted by molar-refractivity contribution is 0.374. The highest BCUT2D eigenvalue weighted by molar-refractivity contribution is 5.24. The first kappa shape index (κ1) is 14.7. The Hall–Kier alpha value is -1.69. The van der Waals surface area contributed by atoms with Crippen LogP contribution in [0.2, 0.25) is 0 Å². The van der Waals surface area contributed by atoms with Gasteiger partial charge in [-0.2, -0.15) is 10.1 Å². The zero-order chi connectivity index (χ0) is 14.5. The third-order valence-corrected chi connectivity index (χ3v) is 3.36. The van der Waals surface area contributed by atoms with Crippen LogP contribution < -0.4 is 5.32 Å². The second-order valence-electron chi connectivity index (χ2n) is 4.94. The van der Waals surface area contributed by atoms with E-state index in [1.807, 2.05) is 18.5 Å². The van der Waals surface area contributed by atoms with Crippen LogP contribution in [-0.2, 0) is 19.5 Å². The second-order valence-corrected chi connectivity index (χ2v) is 4.94. The van der Waals surface area contributed by atoms with Gasteiger partial charge in [-0.25, -0.2) is 0 Å². The molecule has 0 aromatic carbocycles. The number of hydrogen-bond acceptors (Lipinski definition) is 5. The molecule has 2 aromatic rings. The van der Waals surface area contributed by atoms with Gasteiger partial charge in [0, 0.05) is 24.2 Å². The summed E-state index contributed by atoms with van der Waals surface area (Å²) in [5.74, 6) is 1.35. The van der Waals surface area contributed by atoms with Gasteiger partial charge >= 0.3 is 0 Å². The van der Waals surface area contributed by atoms with E-state index in [2.05, 4.69) is 34.4 Å². The maximum absolute atomic E-state index is 5.13. The average Bonchev–Trinajstić information content (AvgIpc) is 2.99. The largest absolute Gasteiger partial charge is 0.339 e. The topological polar surface area (TPSA) is 68.8 Å². The van der Waals surface area contributed by atoms with E-state index in [1.165, 1.54) is 5.56 Å². The number of aromatic nitrogens is 4. The predicted octanol–water partition coefficient (Wildman–Crippen LogP) is 1.99. The van der Waals surface area contributed by atoms with Crippen molar-refractivity contribution in [2.24, 2.45) is 0 Å². The Morgan fingerprint density at radius 3 is 2.70 bits per heavy atom. The Labute approximate surface area is 119 Å². The van der Waals surface area contributed by atoms with E-state index in [-0.39, 0.29) is 0 Å². The molecule has 110 valence electrons. The highest BCUT2D eigenvalue weighted by atomic mass is 16.5. The Kier molecular flexibility index (Phi) is 4.89. The summed E-state index contributed by atoms with van der Waals surface area (Å²) in [6, 6.07) is 0. The Bertz CT molecular complexity index is 558. The van der Waals surface area contributed by atoms with Crippen LogP contribution in [0.15, 0.2) is 4.52 Å². The molecule has 0 saturated carbocycles. The third-order valence-electron chi connectivity index (χ3n) is 3.36. The minimum Gasteiger partial charge on any atom is -0.339 e. The summed E-state index contributed by atoms with van der Waals surface area (Å²) >= 11 is 0. The fourth-order valence-corrected chi connectivity index (χ4v) is 2.17. The molecule has 0 saturated heterocycles. The smallest absolute Gasteiger partial charge is 0.226 e. The molecule has 0 bridgehead atoms. The molecule has 0 aliphatic carbocycles. The second kappa shape index (κ2) is 6.65. The first-order valence-corrected chi connectivity index (χ1v) is 7.20. The lowest BCUT2D eigenvalue weighted by atomic mass is 10.2. The van der Waals surface area contributed by atoms with Crippen molar-refractivity contribution in [2.75, 3.05) is 6.54 Å². The van der Waals surface area contributed by atoms with Crippen LogP contribution in [-0.4, -0.2) is 26.5 Å². The average molecular weight is 277 g/mol. The minimum absolute atomic E-state index is 0.559. The van der Waals surface area contributed by atoms with Gasteiger partial charge < -0.3 is 9.84 Å².